The topological polar surface area (TPSA) is 119 Å². The van der Waals surface area contributed by atoms with Crippen LogP contribution in [0.4, 0.5) is 10.3 Å². The Morgan fingerprint density at radius 1 is 1.64 bits per heavy atom. The minimum absolute atomic E-state index is 0.0807. The molecule has 4 N–H and O–H groups in total. The molecule has 0 radical (unpaired) electrons. The molecule has 1 unspecified atom stereocenters. The lowest BCUT2D eigenvalue weighted by molar-refractivity contribution is -0.0504. The lowest BCUT2D eigenvalue weighted by atomic mass is 9.96. The van der Waals surface area contributed by atoms with Gasteiger partial charge < -0.3 is 20.7 Å². The monoisotopic (exact) mass is 309 g/mol. The number of imidazole rings is 1. The molecular weight excluding hydrogens is 293 g/mol. The number of nitrogen functional groups attached to an aromatic ring is 1. The van der Waals surface area contributed by atoms with E-state index in [4.69, 9.17) is 13.2 Å². The second-order valence-electron chi connectivity index (χ2n) is 4.71. The SMILES string of the molecule is [2H]C([2H])(O)[C@H]1O[C@@H](n2cnc3cnc(N)nc32)C(F)(C#CC)[C@H]1O. The summed E-state index contributed by atoms with van der Waals surface area (Å²) in [5, 5.41) is 19.7. The van der Waals surface area contributed by atoms with Gasteiger partial charge in [0.25, 0.3) is 0 Å². The van der Waals surface area contributed by atoms with Crippen LogP contribution in [0, 0.1) is 11.8 Å². The molecular formula is C13H14FN5O3. The first kappa shape index (κ1) is 12.3. The number of aliphatic hydroxyl groups is 2. The lowest BCUT2D eigenvalue weighted by Crippen LogP contribution is -2.42. The molecule has 116 valence electrons. The van der Waals surface area contributed by atoms with Crippen LogP contribution in [0.5, 0.6) is 0 Å². The predicted molar refractivity (Wildman–Crippen MR) is 74.0 cm³/mol. The summed E-state index contributed by atoms with van der Waals surface area (Å²) >= 11 is 0. The number of nitrogens with zero attached hydrogens (tertiary/aromatic N) is 4. The van der Waals surface area contributed by atoms with E-state index < -0.39 is 30.7 Å². The number of hydrogen-bond donors (Lipinski definition) is 3. The number of halogens is 1. The van der Waals surface area contributed by atoms with Gasteiger partial charge >= 0.3 is 0 Å². The fourth-order valence-corrected chi connectivity index (χ4v) is 2.39. The summed E-state index contributed by atoms with van der Waals surface area (Å²) in [6.45, 7) is -1.62. The maximum atomic E-state index is 15.4. The normalized spacial score (nSPS) is 33.2. The van der Waals surface area contributed by atoms with Gasteiger partial charge in [0, 0.05) is 0 Å². The number of fused-ring (bicyclic) bond motifs is 1. The first-order valence-corrected chi connectivity index (χ1v) is 6.32. The number of aliphatic hydroxyl groups excluding tert-OH is 1. The standard InChI is InChI=1S/C13H14FN5O3/c1-2-3-13(14)9(21)8(5-20)22-11(13)19-6-17-7-4-16-12(15)18-10(7)19/h4,6,8-9,11,20-21H,5H2,1H3,(H2,15,16,18)/t8-,9+,11-,13?/m1/s1/i5D2. The number of aromatic nitrogens is 4. The zero-order valence-electron chi connectivity index (χ0n) is 13.4. The number of ether oxygens (including phenoxy) is 1. The predicted octanol–water partition coefficient (Wildman–Crippen LogP) is -0.609. The Hall–Kier alpha value is -2.28. The fourth-order valence-electron chi connectivity index (χ4n) is 2.39. The molecule has 0 aromatic carbocycles. The summed E-state index contributed by atoms with van der Waals surface area (Å²) in [4.78, 5) is 11.7. The van der Waals surface area contributed by atoms with Gasteiger partial charge in [-0.15, -0.1) is 5.92 Å². The Balaban J connectivity index is 2.16. The Kier molecular flexibility index (Phi) is 2.89. The van der Waals surface area contributed by atoms with E-state index in [0.29, 0.717) is 5.52 Å². The van der Waals surface area contributed by atoms with Gasteiger partial charge in [0.2, 0.25) is 11.6 Å². The molecule has 9 heteroatoms. The van der Waals surface area contributed by atoms with Crippen molar-refractivity contribution in [2.45, 2.75) is 31.0 Å². The number of alkyl halides is 1. The van der Waals surface area contributed by atoms with Gasteiger partial charge in [0.15, 0.2) is 11.9 Å². The Labute approximate surface area is 127 Å². The smallest absolute Gasteiger partial charge is 0.243 e. The third-order valence-electron chi connectivity index (χ3n) is 3.38. The van der Waals surface area contributed by atoms with E-state index >= 15 is 4.39 Å². The van der Waals surface area contributed by atoms with Crippen LogP contribution >= 0.6 is 0 Å². The molecule has 2 aromatic heterocycles. The minimum Gasteiger partial charge on any atom is -0.394 e. The van der Waals surface area contributed by atoms with E-state index in [1.165, 1.54) is 19.4 Å². The average Bonchev–Trinajstić information content (AvgIpc) is 2.99. The Morgan fingerprint density at radius 3 is 3.09 bits per heavy atom. The molecule has 1 aliphatic heterocycles. The average molecular weight is 309 g/mol. The molecule has 2 aromatic rings. The van der Waals surface area contributed by atoms with Crippen LogP contribution in [0.25, 0.3) is 11.2 Å². The third kappa shape index (κ3) is 2.00. The quantitative estimate of drug-likeness (QED) is 0.633. The number of anilines is 1. The van der Waals surface area contributed by atoms with Gasteiger partial charge in [-0.2, -0.15) is 4.98 Å². The summed E-state index contributed by atoms with van der Waals surface area (Å²) < 4.78 is 36.5. The molecule has 0 aliphatic carbocycles. The number of hydrogen-bond acceptors (Lipinski definition) is 7. The van der Waals surface area contributed by atoms with Crippen LogP contribution in [0.3, 0.4) is 0 Å². The van der Waals surface area contributed by atoms with Crippen molar-refractivity contribution < 1.29 is 22.1 Å². The van der Waals surface area contributed by atoms with E-state index in [-0.39, 0.29) is 11.6 Å². The van der Waals surface area contributed by atoms with E-state index in [1.807, 2.05) is 0 Å². The van der Waals surface area contributed by atoms with Crippen LogP contribution in [-0.2, 0) is 4.74 Å². The maximum absolute atomic E-state index is 15.4. The van der Waals surface area contributed by atoms with E-state index in [9.17, 15) is 10.2 Å². The number of nitrogens with two attached hydrogens (primary N) is 1. The fraction of sp³-hybridized carbons (Fsp3) is 0.462. The van der Waals surface area contributed by atoms with Crippen LogP contribution in [-0.4, -0.2) is 54.2 Å². The Bertz CT molecular complexity index is 845. The molecule has 0 bridgehead atoms. The van der Waals surface area contributed by atoms with Crippen molar-refractivity contribution >= 4 is 17.1 Å². The van der Waals surface area contributed by atoms with Crippen LogP contribution in [0.2, 0.25) is 0 Å². The molecule has 3 heterocycles. The highest BCUT2D eigenvalue weighted by Gasteiger charge is 2.57. The molecule has 0 spiro atoms. The van der Waals surface area contributed by atoms with Crippen molar-refractivity contribution in [1.82, 2.24) is 19.5 Å². The van der Waals surface area contributed by atoms with E-state index in [2.05, 4.69) is 26.8 Å². The molecule has 0 amide bonds. The zero-order chi connectivity index (χ0) is 17.7. The van der Waals surface area contributed by atoms with Crippen molar-refractivity contribution in [3.63, 3.8) is 0 Å². The van der Waals surface area contributed by atoms with Crippen molar-refractivity contribution in [2.24, 2.45) is 0 Å². The van der Waals surface area contributed by atoms with Gasteiger partial charge in [0.05, 0.1) is 21.8 Å². The van der Waals surface area contributed by atoms with Crippen molar-refractivity contribution in [1.29, 1.82) is 0 Å². The van der Waals surface area contributed by atoms with E-state index in [0.717, 1.165) is 4.57 Å². The molecule has 22 heavy (non-hydrogen) atoms. The second-order valence-corrected chi connectivity index (χ2v) is 4.71. The van der Waals surface area contributed by atoms with Crippen molar-refractivity contribution in [3.05, 3.63) is 12.5 Å². The molecule has 0 saturated carbocycles. The van der Waals surface area contributed by atoms with Gasteiger partial charge in [-0.3, -0.25) is 4.57 Å². The summed E-state index contributed by atoms with van der Waals surface area (Å²) in [6, 6.07) is 0. The summed E-state index contributed by atoms with van der Waals surface area (Å²) in [5.74, 6) is 4.46. The zero-order valence-corrected chi connectivity index (χ0v) is 11.4. The van der Waals surface area contributed by atoms with Crippen molar-refractivity contribution in [2.75, 3.05) is 12.3 Å². The lowest BCUT2D eigenvalue weighted by Gasteiger charge is -2.23. The van der Waals surface area contributed by atoms with Crippen LogP contribution in [0.1, 0.15) is 15.9 Å². The highest BCUT2D eigenvalue weighted by Crippen LogP contribution is 2.42. The molecule has 1 aliphatic rings. The first-order valence-electron chi connectivity index (χ1n) is 7.32. The van der Waals surface area contributed by atoms with Gasteiger partial charge in [-0.1, -0.05) is 5.92 Å². The maximum Gasteiger partial charge on any atom is 0.243 e. The van der Waals surface area contributed by atoms with Crippen LogP contribution < -0.4 is 5.73 Å². The summed E-state index contributed by atoms with van der Waals surface area (Å²) in [6.07, 6.45) is -2.96. The molecule has 3 rings (SSSR count). The Morgan fingerprint density at radius 2 is 2.41 bits per heavy atom. The molecule has 4 atom stereocenters. The van der Waals surface area contributed by atoms with Crippen molar-refractivity contribution in [3.8, 4) is 11.8 Å². The summed E-state index contributed by atoms with van der Waals surface area (Å²) in [5.41, 5.74) is 3.25. The van der Waals surface area contributed by atoms with Crippen LogP contribution in [0.15, 0.2) is 12.5 Å². The highest BCUT2D eigenvalue weighted by atomic mass is 19.1. The third-order valence-corrected chi connectivity index (χ3v) is 3.38. The van der Waals surface area contributed by atoms with E-state index in [1.54, 1.807) is 0 Å². The highest BCUT2D eigenvalue weighted by molar-refractivity contribution is 5.70. The van der Waals surface area contributed by atoms with Gasteiger partial charge in [-0.05, 0) is 6.92 Å². The second kappa shape index (κ2) is 5.17. The first-order chi connectivity index (χ1) is 11.2. The largest absolute Gasteiger partial charge is 0.394 e. The molecule has 1 fully saturated rings. The van der Waals surface area contributed by atoms with Gasteiger partial charge in [0.1, 0.15) is 17.7 Å². The minimum atomic E-state index is -2.98. The van der Waals surface area contributed by atoms with Gasteiger partial charge in [-0.25, -0.2) is 14.4 Å². The molecule has 8 nitrogen and oxygen atoms in total. The summed E-state index contributed by atoms with van der Waals surface area (Å²) in [7, 11) is 0. The number of rotatable bonds is 2. The molecule has 1 saturated heterocycles.